The number of carbonyl (C=O) groups excluding carboxylic acids is 1. The highest BCUT2D eigenvalue weighted by Gasteiger charge is 2.11. The number of aromatic hydroxyl groups is 1. The molecule has 2 aromatic rings. The number of carbonyl (C=O) groups is 1. The van der Waals surface area contributed by atoms with Crippen LogP contribution in [0.2, 0.25) is 0 Å². The van der Waals surface area contributed by atoms with Gasteiger partial charge in [-0.05, 0) is 24.3 Å². The van der Waals surface area contributed by atoms with Crippen LogP contribution in [0.25, 0.3) is 0 Å². The topological polar surface area (TPSA) is 94.4 Å². The van der Waals surface area contributed by atoms with E-state index in [-0.39, 0.29) is 17.0 Å². The van der Waals surface area contributed by atoms with Gasteiger partial charge in [-0.3, -0.25) is 4.79 Å². The zero-order valence-corrected chi connectivity index (χ0v) is 12.4. The highest BCUT2D eigenvalue weighted by molar-refractivity contribution is 6.07. The largest absolute Gasteiger partial charge is 0.506 e. The van der Waals surface area contributed by atoms with E-state index in [9.17, 15) is 9.90 Å². The average Bonchev–Trinajstić information content (AvgIpc) is 2.58. The summed E-state index contributed by atoms with van der Waals surface area (Å²) in [4.78, 5) is 12.1. The van der Waals surface area contributed by atoms with E-state index in [1.807, 2.05) is 12.1 Å². The maximum absolute atomic E-state index is 12.1. The predicted molar refractivity (Wildman–Crippen MR) is 87.0 cm³/mol. The zero-order chi connectivity index (χ0) is 16.7. The molecule has 0 aliphatic heterocycles. The molecule has 0 fully saturated rings. The summed E-state index contributed by atoms with van der Waals surface area (Å²) in [6.45, 7) is 0. The van der Waals surface area contributed by atoms with Gasteiger partial charge in [-0.15, -0.1) is 0 Å². The third kappa shape index (κ3) is 4.02. The number of hydrogen-bond acceptors (Lipinski definition) is 5. The fraction of sp³-hybridized carbons (Fsp3) is 0.0588. The zero-order valence-electron chi connectivity index (χ0n) is 12.4. The predicted octanol–water partition coefficient (Wildman–Crippen LogP) is 2.86. The van der Waals surface area contributed by atoms with E-state index in [0.717, 1.165) is 0 Å². The molecule has 0 saturated heterocycles. The van der Waals surface area contributed by atoms with Crippen LogP contribution >= 0.6 is 0 Å². The lowest BCUT2D eigenvalue weighted by Crippen LogP contribution is -2.14. The molecule has 0 aliphatic rings. The lowest BCUT2D eigenvalue weighted by molar-refractivity contribution is -0.112. The van der Waals surface area contributed by atoms with Crippen molar-refractivity contribution in [3.63, 3.8) is 0 Å². The summed E-state index contributed by atoms with van der Waals surface area (Å²) in [7, 11) is 1.53. The van der Waals surface area contributed by atoms with Crippen molar-refractivity contribution in [2.45, 2.75) is 0 Å². The van der Waals surface area contributed by atoms with Crippen LogP contribution in [0, 0.1) is 11.3 Å². The second kappa shape index (κ2) is 7.52. The van der Waals surface area contributed by atoms with Crippen LogP contribution in [-0.2, 0) is 4.79 Å². The van der Waals surface area contributed by atoms with Crippen LogP contribution in [0.3, 0.4) is 0 Å². The molecule has 2 rings (SSSR count). The van der Waals surface area contributed by atoms with Crippen molar-refractivity contribution in [1.82, 2.24) is 0 Å². The Morgan fingerprint density at radius 2 is 1.83 bits per heavy atom. The summed E-state index contributed by atoms with van der Waals surface area (Å²) in [6, 6.07) is 15.2. The molecule has 116 valence electrons. The summed E-state index contributed by atoms with van der Waals surface area (Å²) in [6.07, 6.45) is 1.28. The molecule has 0 unspecified atom stereocenters. The minimum Gasteiger partial charge on any atom is -0.506 e. The fourth-order valence-corrected chi connectivity index (χ4v) is 1.83. The van der Waals surface area contributed by atoms with Crippen molar-refractivity contribution in [1.29, 1.82) is 5.26 Å². The van der Waals surface area contributed by atoms with Gasteiger partial charge in [0.1, 0.15) is 23.1 Å². The van der Waals surface area contributed by atoms with E-state index in [1.54, 1.807) is 30.3 Å². The second-order valence-electron chi connectivity index (χ2n) is 4.49. The number of methoxy groups -OCH3 is 1. The highest BCUT2D eigenvalue weighted by Crippen LogP contribution is 2.24. The number of ether oxygens (including phenoxy) is 1. The van der Waals surface area contributed by atoms with Crippen LogP contribution in [0.5, 0.6) is 11.5 Å². The van der Waals surface area contributed by atoms with Gasteiger partial charge in [0, 0.05) is 6.20 Å². The number of nitrogens with one attached hydrogen (secondary N) is 2. The molecule has 0 aromatic heterocycles. The number of phenols is 1. The molecule has 0 aliphatic carbocycles. The fourth-order valence-electron chi connectivity index (χ4n) is 1.83. The van der Waals surface area contributed by atoms with Gasteiger partial charge in [-0.2, -0.15) is 5.26 Å². The van der Waals surface area contributed by atoms with Crippen molar-refractivity contribution < 1.29 is 14.6 Å². The average molecular weight is 309 g/mol. The van der Waals surface area contributed by atoms with E-state index >= 15 is 0 Å². The number of phenolic OH excluding ortho intramolecular Hbond substituents is 1. The van der Waals surface area contributed by atoms with Gasteiger partial charge in [-0.1, -0.05) is 24.3 Å². The Hall–Kier alpha value is -3.46. The maximum atomic E-state index is 12.1. The first-order valence-corrected chi connectivity index (χ1v) is 6.75. The Morgan fingerprint density at radius 3 is 2.48 bits per heavy atom. The molecular formula is C17H15N3O3. The molecule has 6 nitrogen and oxygen atoms in total. The molecule has 3 N–H and O–H groups in total. The molecule has 0 atom stereocenters. The Kier molecular flexibility index (Phi) is 5.21. The van der Waals surface area contributed by atoms with E-state index in [0.29, 0.717) is 11.4 Å². The number of benzene rings is 2. The molecule has 0 spiro atoms. The van der Waals surface area contributed by atoms with Crippen molar-refractivity contribution in [2.75, 3.05) is 17.7 Å². The van der Waals surface area contributed by atoms with E-state index in [2.05, 4.69) is 10.6 Å². The Labute approximate surface area is 133 Å². The maximum Gasteiger partial charge on any atom is 0.267 e. The second-order valence-corrected chi connectivity index (χ2v) is 4.49. The van der Waals surface area contributed by atoms with E-state index < -0.39 is 5.91 Å². The number of rotatable bonds is 5. The Morgan fingerprint density at radius 1 is 1.17 bits per heavy atom. The lowest BCUT2D eigenvalue weighted by Gasteiger charge is -2.09. The minimum atomic E-state index is -0.628. The van der Waals surface area contributed by atoms with Crippen LogP contribution in [0.4, 0.5) is 11.4 Å². The Balaban J connectivity index is 2.14. The van der Waals surface area contributed by atoms with Gasteiger partial charge in [0.2, 0.25) is 0 Å². The number of amides is 1. The van der Waals surface area contributed by atoms with Crippen LogP contribution in [-0.4, -0.2) is 18.1 Å². The van der Waals surface area contributed by atoms with Crippen molar-refractivity contribution in [3.05, 3.63) is 60.3 Å². The highest BCUT2D eigenvalue weighted by atomic mass is 16.5. The summed E-state index contributed by atoms with van der Waals surface area (Å²) in [5.74, 6) is -0.116. The van der Waals surface area contributed by atoms with Gasteiger partial charge in [-0.25, -0.2) is 0 Å². The van der Waals surface area contributed by atoms with Crippen molar-refractivity contribution in [2.24, 2.45) is 0 Å². The molecule has 0 heterocycles. The van der Waals surface area contributed by atoms with Gasteiger partial charge in [0.25, 0.3) is 5.91 Å². The molecule has 23 heavy (non-hydrogen) atoms. The minimum absolute atomic E-state index is 0.0733. The van der Waals surface area contributed by atoms with Gasteiger partial charge in [0.15, 0.2) is 0 Å². The first kappa shape index (κ1) is 15.9. The SMILES string of the molecule is COc1ccccc1N/C=C(/C#N)C(=O)Nc1ccccc1O. The number of para-hydroxylation sites is 4. The Bertz CT molecular complexity index is 779. The number of nitrogens with zero attached hydrogens (tertiary/aromatic N) is 1. The summed E-state index contributed by atoms with van der Waals surface area (Å²) in [5.41, 5.74) is 0.716. The first-order valence-electron chi connectivity index (χ1n) is 6.75. The quantitative estimate of drug-likeness (QED) is 0.448. The first-order chi connectivity index (χ1) is 11.2. The van der Waals surface area contributed by atoms with E-state index in [1.165, 1.54) is 25.4 Å². The molecule has 0 saturated carbocycles. The lowest BCUT2D eigenvalue weighted by atomic mass is 10.2. The van der Waals surface area contributed by atoms with Crippen LogP contribution in [0.15, 0.2) is 60.3 Å². The third-order valence-electron chi connectivity index (χ3n) is 3.00. The molecular weight excluding hydrogens is 294 g/mol. The van der Waals surface area contributed by atoms with Crippen LogP contribution in [0.1, 0.15) is 0 Å². The molecule has 0 bridgehead atoms. The summed E-state index contributed by atoms with van der Waals surface area (Å²) in [5, 5.41) is 24.1. The number of nitriles is 1. The summed E-state index contributed by atoms with van der Waals surface area (Å²) < 4.78 is 5.17. The number of anilines is 2. The monoisotopic (exact) mass is 309 g/mol. The normalized spacial score (nSPS) is 10.5. The molecule has 6 heteroatoms. The third-order valence-corrected chi connectivity index (χ3v) is 3.00. The van der Waals surface area contributed by atoms with Crippen molar-refractivity contribution in [3.8, 4) is 17.6 Å². The van der Waals surface area contributed by atoms with Crippen LogP contribution < -0.4 is 15.4 Å². The smallest absolute Gasteiger partial charge is 0.267 e. The number of hydrogen-bond donors (Lipinski definition) is 3. The molecule has 0 radical (unpaired) electrons. The standard InChI is InChI=1S/C17H15N3O3/c1-23-16-9-5-3-7-14(16)19-11-12(10-18)17(22)20-13-6-2-4-8-15(13)21/h2-9,11,19,21H,1H3,(H,20,22)/b12-11-. The van der Waals surface area contributed by atoms with Gasteiger partial charge >= 0.3 is 0 Å². The van der Waals surface area contributed by atoms with Gasteiger partial charge < -0.3 is 20.5 Å². The molecule has 2 aromatic carbocycles. The van der Waals surface area contributed by atoms with Crippen molar-refractivity contribution >= 4 is 17.3 Å². The summed E-state index contributed by atoms with van der Waals surface area (Å²) >= 11 is 0. The van der Waals surface area contributed by atoms with Gasteiger partial charge in [0.05, 0.1) is 18.5 Å². The molecule has 1 amide bonds. The van der Waals surface area contributed by atoms with E-state index in [4.69, 9.17) is 10.00 Å².